The van der Waals surface area contributed by atoms with Gasteiger partial charge in [0.15, 0.2) is 11.9 Å². The molecule has 40 heavy (non-hydrogen) atoms. The summed E-state index contributed by atoms with van der Waals surface area (Å²) in [4.78, 5) is 0.130. The van der Waals surface area contributed by atoms with Crippen LogP contribution in [0, 0.1) is 0 Å². The highest BCUT2D eigenvalue weighted by Gasteiger charge is 2.22. The van der Waals surface area contributed by atoms with E-state index in [0.717, 1.165) is 27.8 Å². The molecule has 5 aromatic rings. The molecule has 0 spiro atoms. The van der Waals surface area contributed by atoms with Gasteiger partial charge < -0.3 is 9.47 Å². The molecule has 0 amide bonds. The third-order valence-electron chi connectivity index (χ3n) is 6.42. The van der Waals surface area contributed by atoms with Crippen LogP contribution in [0.2, 0.25) is 0 Å². The predicted molar refractivity (Wildman–Crippen MR) is 151 cm³/mol. The highest BCUT2D eigenvalue weighted by Crippen LogP contribution is 2.21. The second-order valence-corrected chi connectivity index (χ2v) is 11.0. The largest absolute Gasteiger partial charge is 0.493 e. The number of hydrogen-bond donors (Lipinski definition) is 0. The topological polar surface area (TPSA) is 83.5 Å². The van der Waals surface area contributed by atoms with Gasteiger partial charge in [0.2, 0.25) is 0 Å². The molecule has 0 radical (unpaired) electrons. The van der Waals surface area contributed by atoms with E-state index in [9.17, 15) is 8.42 Å². The van der Waals surface area contributed by atoms with Crippen LogP contribution in [0.1, 0.15) is 23.2 Å². The van der Waals surface area contributed by atoms with Gasteiger partial charge in [-0.05, 0) is 34.5 Å². The highest BCUT2D eigenvalue weighted by molar-refractivity contribution is 7.86. The molecule has 206 valence electrons. The molecule has 1 heterocycles. The normalized spacial score (nSPS) is 11.6. The minimum Gasteiger partial charge on any atom is -0.493 e. The summed E-state index contributed by atoms with van der Waals surface area (Å²) in [7, 11) is -2.12. The van der Waals surface area contributed by atoms with Crippen molar-refractivity contribution < 1.29 is 26.8 Å². The smallest absolute Gasteiger partial charge is 0.297 e. The van der Waals surface area contributed by atoms with E-state index in [-0.39, 0.29) is 18.0 Å². The van der Waals surface area contributed by atoms with Gasteiger partial charge in [-0.2, -0.15) is 8.42 Å². The molecule has 0 N–H and O–H groups in total. The Morgan fingerprint density at radius 3 is 2.42 bits per heavy atom. The molecule has 0 aliphatic heterocycles. The maximum Gasteiger partial charge on any atom is 0.297 e. The zero-order valence-corrected chi connectivity index (χ0v) is 23.2. The van der Waals surface area contributed by atoms with Crippen LogP contribution in [-0.4, -0.2) is 31.5 Å². The summed E-state index contributed by atoms with van der Waals surface area (Å²) in [5.74, 6) is 0.740. The van der Waals surface area contributed by atoms with Crippen LogP contribution in [0.15, 0.2) is 108 Å². The maximum atomic E-state index is 13.1. The van der Waals surface area contributed by atoms with E-state index >= 15 is 0 Å². The molecule has 0 bridgehead atoms. The quantitative estimate of drug-likeness (QED) is 0.117. The van der Waals surface area contributed by atoms with Crippen LogP contribution >= 0.6 is 0 Å². The van der Waals surface area contributed by atoms with Crippen molar-refractivity contribution in [3.05, 3.63) is 120 Å². The van der Waals surface area contributed by atoms with Crippen molar-refractivity contribution >= 4 is 20.9 Å². The van der Waals surface area contributed by atoms with Crippen LogP contribution in [0.5, 0.6) is 5.75 Å². The molecule has 0 saturated heterocycles. The Kier molecular flexibility index (Phi) is 8.85. The fourth-order valence-electron chi connectivity index (χ4n) is 4.36. The van der Waals surface area contributed by atoms with E-state index in [2.05, 4.69) is 5.21 Å². The molecule has 0 unspecified atom stereocenters. The van der Waals surface area contributed by atoms with Crippen LogP contribution in [-0.2, 0) is 45.8 Å². The van der Waals surface area contributed by atoms with Gasteiger partial charge in [0.05, 0.1) is 25.0 Å². The first-order chi connectivity index (χ1) is 19.5. The SMILES string of the molecule is Cn1n[n+](Cc2ccccc2S(=O)(=O)OCCCOc2ccc3ccccc3c2)cc1COCc1ccccc1. The Morgan fingerprint density at radius 2 is 1.57 bits per heavy atom. The van der Waals surface area contributed by atoms with Crippen LogP contribution in [0.4, 0.5) is 0 Å². The van der Waals surface area contributed by atoms with E-state index in [1.54, 1.807) is 33.6 Å². The summed E-state index contributed by atoms with van der Waals surface area (Å²) < 4.78 is 46.5. The fraction of sp³-hybridized carbons (Fsp3) is 0.226. The van der Waals surface area contributed by atoms with E-state index in [1.807, 2.05) is 86.0 Å². The van der Waals surface area contributed by atoms with Crippen molar-refractivity contribution in [1.82, 2.24) is 9.90 Å². The second-order valence-electron chi connectivity index (χ2n) is 9.40. The lowest BCUT2D eigenvalue weighted by atomic mass is 10.1. The Bertz CT molecular complexity index is 1670. The number of ether oxygens (including phenoxy) is 2. The lowest BCUT2D eigenvalue weighted by molar-refractivity contribution is -0.747. The van der Waals surface area contributed by atoms with Gasteiger partial charge >= 0.3 is 0 Å². The molecule has 5 rings (SSSR count). The Hall–Kier alpha value is -4.05. The molecular weight excluding hydrogens is 526 g/mol. The van der Waals surface area contributed by atoms with Crippen LogP contribution in [0.25, 0.3) is 10.8 Å². The molecule has 0 fully saturated rings. The predicted octanol–water partition coefficient (Wildman–Crippen LogP) is 4.80. The van der Waals surface area contributed by atoms with Crippen LogP contribution in [0.3, 0.4) is 0 Å². The summed E-state index contributed by atoms with van der Waals surface area (Å²) >= 11 is 0. The van der Waals surface area contributed by atoms with Crippen molar-refractivity contribution in [3.8, 4) is 5.75 Å². The zero-order chi connectivity index (χ0) is 27.8. The number of fused-ring (bicyclic) bond motifs is 1. The van der Waals surface area contributed by atoms with Gasteiger partial charge in [0, 0.05) is 12.0 Å². The van der Waals surface area contributed by atoms with Gasteiger partial charge in [-0.15, -0.1) is 9.36 Å². The summed E-state index contributed by atoms with van der Waals surface area (Å²) in [5.41, 5.74) is 2.56. The van der Waals surface area contributed by atoms with Crippen molar-refractivity contribution in [2.24, 2.45) is 7.05 Å². The van der Waals surface area contributed by atoms with E-state index in [0.29, 0.717) is 31.8 Å². The summed E-state index contributed by atoms with van der Waals surface area (Å²) in [6.07, 6.45) is 2.29. The highest BCUT2D eigenvalue weighted by atomic mass is 32.2. The molecule has 4 aromatic carbocycles. The second kappa shape index (κ2) is 12.9. The molecule has 1 aromatic heterocycles. The number of aryl methyl sites for hydroxylation is 1. The number of benzene rings is 4. The Morgan fingerprint density at radius 1 is 0.825 bits per heavy atom. The van der Waals surface area contributed by atoms with Gasteiger partial charge in [0.1, 0.15) is 30.8 Å². The molecule has 0 aliphatic carbocycles. The Balaban J connectivity index is 1.14. The van der Waals surface area contributed by atoms with Crippen molar-refractivity contribution in [3.63, 3.8) is 0 Å². The number of nitrogens with zero attached hydrogens (tertiary/aromatic N) is 3. The van der Waals surface area contributed by atoms with Gasteiger partial charge in [-0.25, -0.2) is 0 Å². The zero-order valence-electron chi connectivity index (χ0n) is 22.3. The lowest BCUT2D eigenvalue weighted by Crippen LogP contribution is -2.37. The van der Waals surface area contributed by atoms with E-state index < -0.39 is 10.1 Å². The Labute approximate surface area is 234 Å². The van der Waals surface area contributed by atoms with E-state index in [1.165, 1.54) is 0 Å². The third-order valence-corrected chi connectivity index (χ3v) is 7.83. The van der Waals surface area contributed by atoms with Crippen LogP contribution < -0.4 is 9.42 Å². The molecule has 0 saturated carbocycles. The third kappa shape index (κ3) is 7.12. The van der Waals surface area contributed by atoms with E-state index in [4.69, 9.17) is 13.7 Å². The standard InChI is InChI=1S/C31H32N3O5S/c1-33-29(24-37-23-25-10-3-2-4-11-25)22-34(32-33)21-28-14-7-8-15-31(28)40(35,36)39-19-9-18-38-30-17-16-26-12-5-6-13-27(26)20-30/h2-8,10-17,20,22H,9,18-19,21,23-24H2,1H3/q+1. The first-order valence-electron chi connectivity index (χ1n) is 13.1. The molecule has 0 aliphatic rings. The monoisotopic (exact) mass is 558 g/mol. The fourth-order valence-corrected chi connectivity index (χ4v) is 5.52. The maximum absolute atomic E-state index is 13.1. The average Bonchev–Trinajstić information content (AvgIpc) is 3.31. The van der Waals surface area contributed by atoms with Crippen molar-refractivity contribution in [1.29, 1.82) is 0 Å². The number of rotatable bonds is 13. The lowest BCUT2D eigenvalue weighted by Gasteiger charge is -2.10. The molecule has 9 heteroatoms. The van der Waals surface area contributed by atoms with Crippen molar-refractivity contribution in [2.75, 3.05) is 13.2 Å². The van der Waals surface area contributed by atoms with Gasteiger partial charge in [-0.3, -0.25) is 4.18 Å². The summed E-state index contributed by atoms with van der Waals surface area (Å²) in [6, 6.07) is 30.7. The summed E-state index contributed by atoms with van der Waals surface area (Å²) in [5, 5.41) is 6.72. The first-order valence-corrected chi connectivity index (χ1v) is 14.5. The van der Waals surface area contributed by atoms with Crippen molar-refractivity contribution in [2.45, 2.75) is 31.1 Å². The number of aromatic nitrogens is 3. The van der Waals surface area contributed by atoms with Gasteiger partial charge in [-0.1, -0.05) is 78.9 Å². The summed E-state index contributed by atoms with van der Waals surface area (Å²) in [6.45, 7) is 1.52. The minimum atomic E-state index is -3.96. The molecule has 8 nitrogen and oxygen atoms in total. The molecule has 0 atom stereocenters. The first kappa shape index (κ1) is 27.5. The molecular formula is C31H32N3O5S+. The number of hydrogen-bond acceptors (Lipinski definition) is 6. The minimum absolute atomic E-state index is 0.0177. The average molecular weight is 559 g/mol. The van der Waals surface area contributed by atoms with Gasteiger partial charge in [0.25, 0.3) is 10.1 Å².